The maximum absolute atomic E-state index is 11.5. The average molecular weight is 392 g/mol. The van der Waals surface area contributed by atoms with Gasteiger partial charge in [-0.25, -0.2) is 0 Å². The molecule has 0 bridgehead atoms. The number of aliphatic hydroxyl groups excluding tert-OH is 4. The summed E-state index contributed by atoms with van der Waals surface area (Å²) in [5, 5.41) is 44.6. The Morgan fingerprint density at radius 3 is 2.19 bits per heavy atom. The van der Waals surface area contributed by atoms with E-state index in [1.54, 1.807) is 0 Å². The van der Waals surface area contributed by atoms with E-state index in [-0.39, 0.29) is 24.8 Å². The molecule has 0 aromatic rings. The fourth-order valence-corrected chi connectivity index (χ4v) is 3.30. The van der Waals surface area contributed by atoms with E-state index in [4.69, 9.17) is 14.2 Å². The highest BCUT2D eigenvalue weighted by Gasteiger charge is 2.45. The standard InChI is InChI=1S/C16H28N2O9/c1-7(21)17-9-3-11(23)12(4-19)26-16(9)27-15-13(5-20)25-6-10(14(15)24)18-8(2)22/h9-16,19-20,23-24H,3-6H2,1-2H3,(H,17,21)(H,18,22)/t9-,10+,11+,12-,13-,14-,15-,16+/m1/s1. The van der Waals surface area contributed by atoms with E-state index in [0.29, 0.717) is 0 Å². The third-order valence-corrected chi connectivity index (χ3v) is 4.60. The lowest BCUT2D eigenvalue weighted by atomic mass is 9.96. The SMILES string of the molecule is CC(=O)N[C@H]1CO[C@H](CO)[C@@H](O[C@@H]2O[C@H](CO)[C@@H](O)C[C@H]2NC(C)=O)[C@@H]1O. The van der Waals surface area contributed by atoms with Crippen molar-refractivity contribution in [3.8, 4) is 0 Å². The summed E-state index contributed by atoms with van der Waals surface area (Å²) in [4.78, 5) is 22.8. The van der Waals surface area contributed by atoms with E-state index in [2.05, 4.69) is 10.6 Å². The quantitative estimate of drug-likeness (QED) is 0.270. The monoisotopic (exact) mass is 392 g/mol. The van der Waals surface area contributed by atoms with Crippen molar-refractivity contribution in [1.29, 1.82) is 0 Å². The third kappa shape index (κ3) is 5.57. The molecule has 2 rings (SSSR count). The molecule has 2 saturated heterocycles. The molecule has 2 amide bonds. The van der Waals surface area contributed by atoms with Gasteiger partial charge >= 0.3 is 0 Å². The van der Waals surface area contributed by atoms with E-state index < -0.39 is 62.1 Å². The van der Waals surface area contributed by atoms with Crippen LogP contribution in [0.1, 0.15) is 20.3 Å². The first kappa shape index (κ1) is 22.0. The van der Waals surface area contributed by atoms with Gasteiger partial charge in [-0.05, 0) is 0 Å². The van der Waals surface area contributed by atoms with E-state index >= 15 is 0 Å². The number of carbonyl (C=O) groups is 2. The molecule has 0 aromatic heterocycles. The van der Waals surface area contributed by atoms with Crippen molar-refractivity contribution in [1.82, 2.24) is 10.6 Å². The van der Waals surface area contributed by atoms with Crippen LogP contribution in [0, 0.1) is 0 Å². The molecule has 2 fully saturated rings. The number of carbonyl (C=O) groups excluding carboxylic acids is 2. The molecule has 0 spiro atoms. The topological polar surface area (TPSA) is 167 Å². The zero-order chi connectivity index (χ0) is 20.1. The van der Waals surface area contributed by atoms with Gasteiger partial charge in [-0.3, -0.25) is 9.59 Å². The van der Waals surface area contributed by atoms with Crippen molar-refractivity contribution in [3.63, 3.8) is 0 Å². The summed E-state index contributed by atoms with van der Waals surface area (Å²) in [5.74, 6) is -0.737. The molecular formula is C16H28N2O9. The van der Waals surface area contributed by atoms with E-state index in [9.17, 15) is 30.0 Å². The lowest BCUT2D eigenvalue weighted by Gasteiger charge is -2.44. The summed E-state index contributed by atoms with van der Waals surface area (Å²) in [6, 6.07) is -1.50. The Bertz CT molecular complexity index is 520. The summed E-state index contributed by atoms with van der Waals surface area (Å²) in [6.45, 7) is 1.67. The van der Waals surface area contributed by atoms with Gasteiger partial charge in [-0.1, -0.05) is 0 Å². The first-order valence-electron chi connectivity index (χ1n) is 8.81. The predicted molar refractivity (Wildman–Crippen MR) is 89.3 cm³/mol. The first-order valence-corrected chi connectivity index (χ1v) is 8.81. The van der Waals surface area contributed by atoms with Crippen LogP contribution in [0.2, 0.25) is 0 Å². The van der Waals surface area contributed by atoms with Crippen molar-refractivity contribution in [2.75, 3.05) is 19.8 Å². The highest BCUT2D eigenvalue weighted by atomic mass is 16.7. The number of hydrogen-bond donors (Lipinski definition) is 6. The Hall–Kier alpha value is -1.34. The second kappa shape index (κ2) is 9.73. The van der Waals surface area contributed by atoms with Gasteiger partial charge in [0.1, 0.15) is 24.4 Å². The molecule has 6 N–H and O–H groups in total. The number of nitrogens with one attached hydrogen (secondary N) is 2. The molecular weight excluding hydrogens is 364 g/mol. The van der Waals surface area contributed by atoms with Crippen LogP contribution >= 0.6 is 0 Å². The van der Waals surface area contributed by atoms with Crippen LogP contribution < -0.4 is 10.6 Å². The molecule has 0 saturated carbocycles. The van der Waals surface area contributed by atoms with Crippen LogP contribution in [0.15, 0.2) is 0 Å². The average Bonchev–Trinajstić information content (AvgIpc) is 2.59. The van der Waals surface area contributed by atoms with Gasteiger partial charge in [0.2, 0.25) is 11.8 Å². The van der Waals surface area contributed by atoms with Crippen LogP contribution in [0.5, 0.6) is 0 Å². The molecule has 0 aliphatic carbocycles. The maximum atomic E-state index is 11.5. The van der Waals surface area contributed by atoms with Gasteiger partial charge in [0.15, 0.2) is 6.29 Å². The van der Waals surface area contributed by atoms with Crippen LogP contribution in [0.25, 0.3) is 0 Å². The van der Waals surface area contributed by atoms with Crippen molar-refractivity contribution in [2.45, 2.75) is 69.2 Å². The van der Waals surface area contributed by atoms with Crippen LogP contribution in [-0.2, 0) is 23.8 Å². The summed E-state index contributed by atoms with van der Waals surface area (Å²) >= 11 is 0. The van der Waals surface area contributed by atoms with Crippen LogP contribution in [-0.4, -0.2) is 101 Å². The minimum absolute atomic E-state index is 0.00946. The zero-order valence-corrected chi connectivity index (χ0v) is 15.3. The molecule has 8 atom stereocenters. The lowest BCUT2D eigenvalue weighted by molar-refractivity contribution is -0.292. The largest absolute Gasteiger partial charge is 0.394 e. The molecule has 27 heavy (non-hydrogen) atoms. The zero-order valence-electron chi connectivity index (χ0n) is 15.3. The Balaban J connectivity index is 2.16. The maximum Gasteiger partial charge on any atom is 0.217 e. The van der Waals surface area contributed by atoms with Crippen molar-refractivity contribution in [2.24, 2.45) is 0 Å². The number of amides is 2. The molecule has 2 aliphatic rings. The lowest BCUT2D eigenvalue weighted by Crippen LogP contribution is -2.64. The fourth-order valence-electron chi connectivity index (χ4n) is 3.30. The van der Waals surface area contributed by atoms with Gasteiger partial charge in [-0.2, -0.15) is 0 Å². The highest BCUT2D eigenvalue weighted by Crippen LogP contribution is 2.27. The van der Waals surface area contributed by atoms with E-state index in [1.165, 1.54) is 13.8 Å². The smallest absolute Gasteiger partial charge is 0.217 e. The van der Waals surface area contributed by atoms with E-state index in [0.717, 1.165) is 0 Å². The molecule has 0 radical (unpaired) electrons. The molecule has 156 valence electrons. The summed E-state index contributed by atoms with van der Waals surface area (Å²) in [6.07, 6.45) is -6.15. The minimum atomic E-state index is -1.21. The van der Waals surface area contributed by atoms with Gasteiger partial charge in [-0.15, -0.1) is 0 Å². The van der Waals surface area contributed by atoms with Crippen molar-refractivity contribution < 1.29 is 44.2 Å². The second-order valence-corrected chi connectivity index (χ2v) is 6.79. The minimum Gasteiger partial charge on any atom is -0.394 e. The van der Waals surface area contributed by atoms with Gasteiger partial charge < -0.3 is 45.3 Å². The summed E-state index contributed by atoms with van der Waals surface area (Å²) in [7, 11) is 0. The fraction of sp³-hybridized carbons (Fsp3) is 0.875. The first-order chi connectivity index (χ1) is 12.8. The molecule has 2 aliphatic heterocycles. The number of ether oxygens (including phenoxy) is 3. The molecule has 2 heterocycles. The molecule has 11 heteroatoms. The second-order valence-electron chi connectivity index (χ2n) is 6.79. The van der Waals surface area contributed by atoms with Gasteiger partial charge in [0.25, 0.3) is 0 Å². The van der Waals surface area contributed by atoms with Gasteiger partial charge in [0, 0.05) is 20.3 Å². The third-order valence-electron chi connectivity index (χ3n) is 4.60. The molecule has 11 nitrogen and oxygen atoms in total. The number of hydrogen-bond acceptors (Lipinski definition) is 9. The Morgan fingerprint density at radius 1 is 1.04 bits per heavy atom. The van der Waals surface area contributed by atoms with E-state index in [1.807, 2.05) is 0 Å². The molecule has 0 aromatic carbocycles. The summed E-state index contributed by atoms with van der Waals surface area (Å²) < 4.78 is 16.8. The number of rotatable bonds is 6. The van der Waals surface area contributed by atoms with Crippen LogP contribution in [0.4, 0.5) is 0 Å². The predicted octanol–water partition coefficient (Wildman–Crippen LogP) is -3.40. The van der Waals surface area contributed by atoms with Gasteiger partial charge in [0.05, 0.1) is 38.0 Å². The molecule has 0 unspecified atom stereocenters. The summed E-state index contributed by atoms with van der Waals surface area (Å²) in [5.41, 5.74) is 0. The Kier molecular flexibility index (Phi) is 7.91. The Morgan fingerprint density at radius 2 is 1.63 bits per heavy atom. The van der Waals surface area contributed by atoms with Crippen molar-refractivity contribution >= 4 is 11.8 Å². The normalized spacial score (nSPS) is 39.6. The Labute approximate surface area is 156 Å². The number of aliphatic hydroxyl groups is 4. The highest BCUT2D eigenvalue weighted by molar-refractivity contribution is 5.73. The van der Waals surface area contributed by atoms with Crippen molar-refractivity contribution in [3.05, 3.63) is 0 Å². The van der Waals surface area contributed by atoms with Crippen LogP contribution in [0.3, 0.4) is 0 Å².